The zero-order valence-electron chi connectivity index (χ0n) is 19.9. The largest absolute Gasteiger partial charge is 0.345 e. The van der Waals surface area contributed by atoms with E-state index in [1.54, 1.807) is 18.7 Å². The summed E-state index contributed by atoms with van der Waals surface area (Å²) in [6, 6.07) is 12.2. The number of amides is 1. The highest BCUT2D eigenvalue weighted by Crippen LogP contribution is 2.30. The summed E-state index contributed by atoms with van der Waals surface area (Å²) in [6.07, 6.45) is 5.39. The number of hydrogen-bond donors (Lipinski definition) is 2. The summed E-state index contributed by atoms with van der Waals surface area (Å²) in [5, 5.41) is 2.52. The van der Waals surface area contributed by atoms with Crippen molar-refractivity contribution in [1.82, 2.24) is 9.29 Å². The smallest absolute Gasteiger partial charge is 0.272 e. The van der Waals surface area contributed by atoms with Crippen LogP contribution in [-0.2, 0) is 30.8 Å². The molecule has 5 nitrogen and oxygen atoms in total. The lowest BCUT2D eigenvalue weighted by molar-refractivity contribution is 0.101. The van der Waals surface area contributed by atoms with Gasteiger partial charge in [0.1, 0.15) is 5.69 Å². The number of aromatic nitrogens is 1. The van der Waals surface area contributed by atoms with Gasteiger partial charge in [0.15, 0.2) is 17.5 Å². The number of fused-ring (bicyclic) bond motifs is 1. The maximum Gasteiger partial charge on any atom is 0.272 e. The van der Waals surface area contributed by atoms with Gasteiger partial charge in [0, 0.05) is 55.0 Å². The summed E-state index contributed by atoms with van der Waals surface area (Å²) in [5.74, 6) is -4.38. The number of aryl methyl sites for hydroxylation is 2. The van der Waals surface area contributed by atoms with Crippen LogP contribution in [0.5, 0.6) is 0 Å². The first-order valence-electron chi connectivity index (χ1n) is 11.6. The predicted octanol–water partition coefficient (Wildman–Crippen LogP) is 5.57. The lowest BCUT2D eigenvalue weighted by Gasteiger charge is -2.24. The summed E-state index contributed by atoms with van der Waals surface area (Å²) < 4.78 is 50.5. The Hall–Kier alpha value is -2.91. The average Bonchev–Trinajstić information content (AvgIpc) is 3.06. The zero-order chi connectivity index (χ0) is 25.1. The third-order valence-corrected chi connectivity index (χ3v) is 8.14. The first-order chi connectivity index (χ1) is 16.8. The predicted molar refractivity (Wildman–Crippen MR) is 133 cm³/mol. The fourth-order valence-electron chi connectivity index (χ4n) is 4.53. The van der Waals surface area contributed by atoms with Gasteiger partial charge in [0.2, 0.25) is 0 Å². The minimum atomic E-state index is -1.57. The highest BCUT2D eigenvalue weighted by Gasteiger charge is 2.29. The van der Waals surface area contributed by atoms with Crippen LogP contribution in [0.3, 0.4) is 0 Å². The first kappa shape index (κ1) is 25.2. The molecule has 0 fully saturated rings. The van der Waals surface area contributed by atoms with Crippen LogP contribution in [0.4, 0.5) is 18.9 Å². The standard InChI is InChI=1S/C26H29F3N4OS/c1-16(9-10-17-7-5-4-6-8-17)22-12-11-19-23(35(30-2)32-22)15-33(3)25(19)26(34)31-18-13-20(27)24(29)21(28)14-18/h4-8,13-16,22H,9-12H2,1-3H3,(H,30,32)(H,31,34). The van der Waals surface area contributed by atoms with Gasteiger partial charge in [-0.15, -0.1) is 0 Å². The molecular weight excluding hydrogens is 473 g/mol. The number of nitrogens with zero attached hydrogens (tertiary/aromatic N) is 2. The zero-order valence-corrected chi connectivity index (χ0v) is 20.8. The molecule has 2 N–H and O–H groups in total. The van der Waals surface area contributed by atoms with Crippen LogP contribution in [0, 0.1) is 23.4 Å². The molecule has 3 unspecified atom stereocenters. The van der Waals surface area contributed by atoms with Gasteiger partial charge in [-0.2, -0.15) is 0 Å². The van der Waals surface area contributed by atoms with E-state index in [0.29, 0.717) is 18.0 Å². The number of carbonyl (C=O) groups is 1. The summed E-state index contributed by atoms with van der Waals surface area (Å²) in [5.41, 5.74) is 2.45. The van der Waals surface area contributed by atoms with Crippen molar-refractivity contribution in [2.75, 3.05) is 12.4 Å². The molecule has 3 aromatic rings. The van der Waals surface area contributed by atoms with Crippen LogP contribution >= 0.6 is 0 Å². The van der Waals surface area contributed by atoms with Crippen LogP contribution < -0.4 is 10.0 Å². The van der Waals surface area contributed by atoms with E-state index in [4.69, 9.17) is 0 Å². The number of halogens is 3. The molecule has 0 saturated carbocycles. The molecule has 1 aliphatic rings. The Morgan fingerprint density at radius 3 is 2.57 bits per heavy atom. The van der Waals surface area contributed by atoms with Gasteiger partial charge in [-0.25, -0.2) is 22.3 Å². The minimum absolute atomic E-state index is 0.139. The molecule has 1 aromatic heterocycles. The van der Waals surface area contributed by atoms with Gasteiger partial charge in [-0.1, -0.05) is 37.3 Å². The van der Waals surface area contributed by atoms with Crippen LogP contribution in [0.1, 0.15) is 41.4 Å². The Morgan fingerprint density at radius 1 is 1.23 bits per heavy atom. The Bertz CT molecular complexity index is 1240. The van der Waals surface area contributed by atoms with E-state index in [9.17, 15) is 18.0 Å². The van der Waals surface area contributed by atoms with Crippen molar-refractivity contribution in [3.8, 4) is 0 Å². The van der Waals surface area contributed by atoms with Crippen molar-refractivity contribution in [2.45, 2.75) is 43.5 Å². The van der Waals surface area contributed by atoms with Gasteiger partial charge in [0.05, 0.1) is 4.90 Å². The maximum atomic E-state index is 13.6. The number of benzene rings is 2. The topological polar surface area (TPSA) is 58.4 Å². The minimum Gasteiger partial charge on any atom is -0.345 e. The van der Waals surface area contributed by atoms with Gasteiger partial charge in [0.25, 0.3) is 5.91 Å². The van der Waals surface area contributed by atoms with Gasteiger partial charge in [-0.3, -0.25) is 4.79 Å². The van der Waals surface area contributed by atoms with E-state index in [-0.39, 0.29) is 11.7 Å². The molecule has 186 valence electrons. The Labute approximate surface area is 206 Å². The van der Waals surface area contributed by atoms with Gasteiger partial charge < -0.3 is 9.88 Å². The summed E-state index contributed by atoms with van der Waals surface area (Å²) in [4.78, 5) is 14.1. The van der Waals surface area contributed by atoms with E-state index in [0.717, 1.165) is 41.9 Å². The molecular formula is C26H29F3N4OS. The SMILES string of the molecule is C/N=S1/NC(C(C)CCc2ccccc2)CCc2c1cn(C)c2C(=O)Nc1cc(F)c(F)c(F)c1. The van der Waals surface area contributed by atoms with E-state index >= 15 is 0 Å². The van der Waals surface area contributed by atoms with Crippen molar-refractivity contribution < 1.29 is 18.0 Å². The highest BCUT2D eigenvalue weighted by atomic mass is 32.2. The fraction of sp³-hybridized carbons (Fsp3) is 0.346. The molecule has 2 heterocycles. The second kappa shape index (κ2) is 10.8. The second-order valence-electron chi connectivity index (χ2n) is 8.87. The van der Waals surface area contributed by atoms with E-state index in [2.05, 4.69) is 45.6 Å². The second-order valence-corrected chi connectivity index (χ2v) is 10.5. The van der Waals surface area contributed by atoms with Crippen molar-refractivity contribution in [1.29, 1.82) is 0 Å². The Balaban J connectivity index is 1.53. The van der Waals surface area contributed by atoms with E-state index < -0.39 is 34.2 Å². The molecule has 0 aliphatic carbocycles. The van der Waals surface area contributed by atoms with Crippen LogP contribution in [0.2, 0.25) is 0 Å². The normalized spacial score (nSPS) is 18.7. The molecule has 4 rings (SSSR count). The maximum absolute atomic E-state index is 13.6. The lowest BCUT2D eigenvalue weighted by atomic mass is 9.91. The van der Waals surface area contributed by atoms with Crippen LogP contribution in [0.25, 0.3) is 0 Å². The summed E-state index contributed by atoms with van der Waals surface area (Å²) >= 11 is 0. The van der Waals surface area contributed by atoms with Gasteiger partial charge >= 0.3 is 0 Å². The quantitative estimate of drug-likeness (QED) is 0.433. The third kappa shape index (κ3) is 5.51. The summed E-state index contributed by atoms with van der Waals surface area (Å²) in [7, 11) is 2.91. The molecule has 35 heavy (non-hydrogen) atoms. The third-order valence-electron chi connectivity index (χ3n) is 6.48. The molecule has 0 radical (unpaired) electrons. The van der Waals surface area contributed by atoms with Crippen molar-refractivity contribution in [3.63, 3.8) is 0 Å². The number of nitrogens with one attached hydrogen (secondary N) is 2. The summed E-state index contributed by atoms with van der Waals surface area (Å²) in [6.45, 7) is 2.24. The molecule has 3 atom stereocenters. The number of hydrogen-bond acceptors (Lipinski definition) is 2. The fourth-order valence-corrected chi connectivity index (χ4v) is 6.28. The molecule has 0 saturated heterocycles. The molecule has 9 heteroatoms. The molecule has 1 amide bonds. The van der Waals surface area contributed by atoms with E-state index in [1.807, 2.05) is 12.3 Å². The number of rotatable bonds is 6. The Morgan fingerprint density at radius 2 is 1.91 bits per heavy atom. The van der Waals surface area contributed by atoms with Gasteiger partial charge in [-0.05, 0) is 42.7 Å². The highest BCUT2D eigenvalue weighted by molar-refractivity contribution is 7.85. The number of anilines is 1. The van der Waals surface area contributed by atoms with Crippen molar-refractivity contribution >= 4 is 22.5 Å². The lowest BCUT2D eigenvalue weighted by Crippen LogP contribution is -2.35. The first-order valence-corrected chi connectivity index (χ1v) is 12.7. The van der Waals surface area contributed by atoms with Crippen LogP contribution in [0.15, 0.2) is 57.9 Å². The van der Waals surface area contributed by atoms with Crippen molar-refractivity contribution in [2.24, 2.45) is 17.3 Å². The average molecular weight is 503 g/mol. The van der Waals surface area contributed by atoms with E-state index in [1.165, 1.54) is 5.56 Å². The van der Waals surface area contributed by atoms with Crippen LogP contribution in [-0.4, -0.2) is 23.6 Å². The number of carbonyl (C=O) groups excluding carboxylic acids is 1. The van der Waals surface area contributed by atoms with Crippen molar-refractivity contribution in [3.05, 3.63) is 82.9 Å². The molecule has 1 aliphatic heterocycles. The molecule has 0 spiro atoms. The monoisotopic (exact) mass is 502 g/mol. The molecule has 2 aromatic carbocycles. The Kier molecular flexibility index (Phi) is 7.76. The molecule has 0 bridgehead atoms.